The summed E-state index contributed by atoms with van der Waals surface area (Å²) in [6, 6.07) is -0.189. The molecular weight excluding hydrogens is 303 g/mol. The molecule has 2 rings (SSSR count). The van der Waals surface area contributed by atoms with Crippen LogP contribution in [0.4, 0.5) is 13.2 Å². The number of amides is 1. The average molecular weight is 317 g/mol. The van der Waals surface area contributed by atoms with Crippen LogP contribution in [0, 0.1) is 5.92 Å². The molecule has 1 aromatic heterocycles. The summed E-state index contributed by atoms with van der Waals surface area (Å²) in [4.78, 5) is 29.0. The van der Waals surface area contributed by atoms with E-state index in [1.807, 2.05) is 0 Å². The van der Waals surface area contributed by atoms with Crippen molar-refractivity contribution in [2.45, 2.75) is 37.9 Å². The summed E-state index contributed by atoms with van der Waals surface area (Å²) in [6.45, 7) is 0. The Morgan fingerprint density at radius 3 is 2.14 bits per heavy atom. The summed E-state index contributed by atoms with van der Waals surface area (Å²) >= 11 is 0. The number of aromatic nitrogens is 2. The molecule has 6 nitrogen and oxygen atoms in total. The second kappa shape index (κ2) is 6.29. The molecule has 0 saturated heterocycles. The highest BCUT2D eigenvalue weighted by atomic mass is 19.4. The molecule has 1 aliphatic carbocycles. The highest BCUT2D eigenvalue weighted by Crippen LogP contribution is 2.26. The van der Waals surface area contributed by atoms with Crippen molar-refractivity contribution in [1.29, 1.82) is 0 Å². The van der Waals surface area contributed by atoms with Crippen LogP contribution in [0.25, 0.3) is 0 Å². The zero-order chi connectivity index (χ0) is 16.3. The molecule has 0 bridgehead atoms. The van der Waals surface area contributed by atoms with Crippen LogP contribution in [0.1, 0.15) is 41.9 Å². The van der Waals surface area contributed by atoms with E-state index in [0.29, 0.717) is 25.7 Å². The van der Waals surface area contributed by atoms with E-state index in [9.17, 15) is 22.8 Å². The van der Waals surface area contributed by atoms with E-state index >= 15 is 0 Å². The first kappa shape index (κ1) is 16.2. The van der Waals surface area contributed by atoms with Gasteiger partial charge in [0.05, 0.1) is 11.5 Å². The van der Waals surface area contributed by atoms with Crippen LogP contribution >= 0.6 is 0 Å². The van der Waals surface area contributed by atoms with Crippen LogP contribution in [-0.4, -0.2) is 33.0 Å². The predicted octanol–water partition coefficient (Wildman–Crippen LogP) is 1.87. The summed E-state index contributed by atoms with van der Waals surface area (Å²) in [5.41, 5.74) is -0.0617. The largest absolute Gasteiger partial charge is 0.481 e. The van der Waals surface area contributed by atoms with Crippen molar-refractivity contribution >= 4 is 11.9 Å². The molecular formula is C13H14F3N3O3. The number of carbonyl (C=O) groups excluding carboxylic acids is 1. The van der Waals surface area contributed by atoms with Gasteiger partial charge in [-0.2, -0.15) is 13.2 Å². The van der Waals surface area contributed by atoms with Gasteiger partial charge in [0.25, 0.3) is 5.91 Å². The van der Waals surface area contributed by atoms with E-state index in [1.165, 1.54) is 0 Å². The van der Waals surface area contributed by atoms with Crippen molar-refractivity contribution in [2.75, 3.05) is 0 Å². The zero-order valence-corrected chi connectivity index (χ0v) is 11.4. The van der Waals surface area contributed by atoms with Crippen LogP contribution < -0.4 is 5.32 Å². The van der Waals surface area contributed by atoms with E-state index in [0.717, 1.165) is 12.4 Å². The van der Waals surface area contributed by atoms with Gasteiger partial charge in [-0.3, -0.25) is 9.59 Å². The number of nitrogens with zero attached hydrogens (tertiary/aromatic N) is 2. The van der Waals surface area contributed by atoms with E-state index in [2.05, 4.69) is 15.3 Å². The van der Waals surface area contributed by atoms with Crippen molar-refractivity contribution in [1.82, 2.24) is 15.3 Å². The Morgan fingerprint density at radius 2 is 1.68 bits per heavy atom. The maximum Gasteiger partial charge on any atom is 0.451 e. The predicted molar refractivity (Wildman–Crippen MR) is 67.9 cm³/mol. The number of carbonyl (C=O) groups is 2. The first-order valence-electron chi connectivity index (χ1n) is 6.70. The van der Waals surface area contributed by atoms with Gasteiger partial charge in [-0.25, -0.2) is 9.97 Å². The lowest BCUT2D eigenvalue weighted by Gasteiger charge is -2.26. The Labute approximate surface area is 123 Å². The van der Waals surface area contributed by atoms with Crippen LogP contribution in [0.15, 0.2) is 12.4 Å². The third kappa shape index (κ3) is 3.92. The normalized spacial score (nSPS) is 22.1. The lowest BCUT2D eigenvalue weighted by molar-refractivity contribution is -0.145. The van der Waals surface area contributed by atoms with Crippen LogP contribution in [-0.2, 0) is 11.0 Å². The molecule has 1 aromatic rings. The standard InChI is InChI=1S/C13H14F3N3O3/c14-13(15,16)12-17-5-8(6-18-12)10(20)19-9-3-1-7(2-4-9)11(21)22/h5-7,9H,1-4H2,(H,19,20)(H,21,22). The second-order valence-electron chi connectivity index (χ2n) is 5.15. The molecule has 0 radical (unpaired) electrons. The molecule has 1 amide bonds. The number of hydrogen-bond donors (Lipinski definition) is 2. The summed E-state index contributed by atoms with van der Waals surface area (Å²) < 4.78 is 37.0. The Hall–Kier alpha value is -2.19. The first-order chi connectivity index (χ1) is 10.3. The summed E-state index contributed by atoms with van der Waals surface area (Å²) in [6.07, 6.45) is -1.03. The van der Waals surface area contributed by atoms with Gasteiger partial charge in [-0.1, -0.05) is 0 Å². The Morgan fingerprint density at radius 1 is 1.14 bits per heavy atom. The van der Waals surface area contributed by atoms with Crippen LogP contribution in [0.2, 0.25) is 0 Å². The highest BCUT2D eigenvalue weighted by molar-refractivity contribution is 5.93. The number of halogens is 3. The fourth-order valence-corrected chi connectivity index (χ4v) is 2.35. The van der Waals surface area contributed by atoms with E-state index in [-0.39, 0.29) is 11.6 Å². The van der Waals surface area contributed by atoms with Crippen molar-refractivity contribution in [3.63, 3.8) is 0 Å². The molecule has 1 fully saturated rings. The van der Waals surface area contributed by atoms with Gasteiger partial charge in [0.1, 0.15) is 0 Å². The van der Waals surface area contributed by atoms with Gasteiger partial charge in [0.15, 0.2) is 0 Å². The number of hydrogen-bond acceptors (Lipinski definition) is 4. The van der Waals surface area contributed by atoms with Gasteiger partial charge in [0, 0.05) is 18.4 Å². The first-order valence-corrected chi connectivity index (χ1v) is 6.70. The average Bonchev–Trinajstić information content (AvgIpc) is 2.47. The van der Waals surface area contributed by atoms with Crippen molar-refractivity contribution < 1.29 is 27.9 Å². The Bertz CT molecular complexity index is 552. The van der Waals surface area contributed by atoms with Crippen LogP contribution in [0.3, 0.4) is 0 Å². The van der Waals surface area contributed by atoms with Crippen molar-refractivity contribution in [2.24, 2.45) is 5.92 Å². The summed E-state index contributed by atoms with van der Waals surface area (Å²) in [5, 5.41) is 11.5. The van der Waals surface area contributed by atoms with Gasteiger partial charge < -0.3 is 10.4 Å². The molecule has 0 aromatic carbocycles. The van der Waals surface area contributed by atoms with E-state index < -0.39 is 29.8 Å². The van der Waals surface area contributed by atoms with Gasteiger partial charge in [0.2, 0.25) is 5.82 Å². The summed E-state index contributed by atoms with van der Waals surface area (Å²) in [5.74, 6) is -3.11. The van der Waals surface area contributed by atoms with Gasteiger partial charge >= 0.3 is 12.1 Å². The lowest BCUT2D eigenvalue weighted by Crippen LogP contribution is -2.38. The van der Waals surface area contributed by atoms with E-state index in [4.69, 9.17) is 5.11 Å². The highest BCUT2D eigenvalue weighted by Gasteiger charge is 2.34. The smallest absolute Gasteiger partial charge is 0.451 e. The molecule has 120 valence electrons. The minimum atomic E-state index is -4.65. The SMILES string of the molecule is O=C(NC1CCC(C(=O)O)CC1)c1cnc(C(F)(F)F)nc1. The second-order valence-corrected chi connectivity index (χ2v) is 5.15. The molecule has 0 atom stereocenters. The number of nitrogens with one attached hydrogen (secondary N) is 1. The lowest BCUT2D eigenvalue weighted by atomic mass is 9.86. The number of alkyl halides is 3. The number of rotatable bonds is 3. The molecule has 22 heavy (non-hydrogen) atoms. The van der Waals surface area contributed by atoms with Crippen molar-refractivity contribution in [3.8, 4) is 0 Å². The maximum absolute atomic E-state index is 12.3. The number of carboxylic acid groups (broad SMARTS) is 1. The third-order valence-electron chi connectivity index (χ3n) is 3.58. The Balaban J connectivity index is 1.92. The van der Waals surface area contributed by atoms with E-state index in [1.54, 1.807) is 0 Å². The number of aliphatic carboxylic acids is 1. The molecule has 1 saturated carbocycles. The molecule has 0 spiro atoms. The van der Waals surface area contributed by atoms with Gasteiger partial charge in [-0.05, 0) is 25.7 Å². The summed E-state index contributed by atoms with van der Waals surface area (Å²) in [7, 11) is 0. The topological polar surface area (TPSA) is 92.2 Å². The fraction of sp³-hybridized carbons (Fsp3) is 0.538. The monoisotopic (exact) mass is 317 g/mol. The molecule has 2 N–H and O–H groups in total. The quantitative estimate of drug-likeness (QED) is 0.888. The molecule has 1 heterocycles. The molecule has 1 aliphatic rings. The minimum Gasteiger partial charge on any atom is -0.481 e. The number of carboxylic acids is 1. The van der Waals surface area contributed by atoms with Crippen molar-refractivity contribution in [3.05, 3.63) is 23.8 Å². The molecule has 0 aliphatic heterocycles. The molecule has 0 unspecified atom stereocenters. The zero-order valence-electron chi connectivity index (χ0n) is 11.4. The molecule has 9 heteroatoms. The minimum absolute atomic E-state index is 0.0617. The fourth-order valence-electron chi connectivity index (χ4n) is 2.35. The van der Waals surface area contributed by atoms with Crippen LogP contribution in [0.5, 0.6) is 0 Å². The third-order valence-corrected chi connectivity index (χ3v) is 3.58. The van der Waals surface area contributed by atoms with Gasteiger partial charge in [-0.15, -0.1) is 0 Å². The maximum atomic E-state index is 12.3. The Kier molecular flexibility index (Phi) is 4.62.